The molecular weight excluding hydrogens is 322 g/mol. The first-order valence-corrected chi connectivity index (χ1v) is 9.83. The molecule has 0 aliphatic heterocycles. The van der Waals surface area contributed by atoms with E-state index in [1.165, 1.54) is 30.6 Å². The third kappa shape index (κ3) is 3.67. The molecule has 1 fully saturated rings. The number of rotatable bonds is 5. The molecule has 3 unspecified atom stereocenters. The predicted molar refractivity (Wildman–Crippen MR) is 92.6 cm³/mol. The van der Waals surface area contributed by atoms with Crippen molar-refractivity contribution in [3.8, 4) is 0 Å². The number of furan rings is 1. The zero-order valence-electron chi connectivity index (χ0n) is 12.0. The van der Waals surface area contributed by atoms with E-state index in [0.717, 1.165) is 10.1 Å². The van der Waals surface area contributed by atoms with Crippen LogP contribution in [0, 0.1) is 0 Å². The Hall–Kier alpha value is -0.420. The molecule has 21 heavy (non-hydrogen) atoms. The van der Waals surface area contributed by atoms with Gasteiger partial charge in [-0.2, -0.15) is 11.8 Å². The summed E-state index contributed by atoms with van der Waals surface area (Å²) in [6, 6.07) is 8.70. The van der Waals surface area contributed by atoms with Gasteiger partial charge in [-0.25, -0.2) is 0 Å². The lowest BCUT2D eigenvalue weighted by Crippen LogP contribution is -2.42. The first-order chi connectivity index (χ1) is 10.3. The van der Waals surface area contributed by atoms with E-state index in [1.54, 1.807) is 17.6 Å². The maximum atomic E-state index is 6.12. The highest BCUT2D eigenvalue weighted by Gasteiger charge is 2.29. The lowest BCUT2D eigenvalue weighted by atomic mass is 9.94. The highest BCUT2D eigenvalue weighted by molar-refractivity contribution is 7.99. The zero-order valence-corrected chi connectivity index (χ0v) is 14.4. The normalized spacial score (nSPS) is 24.1. The highest BCUT2D eigenvalue weighted by atomic mass is 35.5. The highest BCUT2D eigenvalue weighted by Crippen LogP contribution is 2.34. The smallest absolute Gasteiger partial charge is 0.126 e. The van der Waals surface area contributed by atoms with E-state index in [9.17, 15) is 0 Å². The fraction of sp³-hybridized carbons (Fsp3) is 0.500. The average molecular weight is 342 g/mol. The fourth-order valence-corrected chi connectivity index (χ4v) is 5.10. The summed E-state index contributed by atoms with van der Waals surface area (Å²) in [7, 11) is 0. The van der Waals surface area contributed by atoms with E-state index in [1.807, 2.05) is 30.0 Å². The third-order valence-electron chi connectivity index (χ3n) is 4.09. The molecule has 3 rings (SSSR count). The lowest BCUT2D eigenvalue weighted by molar-refractivity contribution is 0.343. The van der Waals surface area contributed by atoms with Crippen LogP contribution in [0.15, 0.2) is 34.9 Å². The second kappa shape index (κ2) is 7.23. The number of thioether (sulfide) groups is 1. The van der Waals surface area contributed by atoms with Gasteiger partial charge in [-0.05, 0) is 43.4 Å². The minimum absolute atomic E-state index is 0.107. The van der Waals surface area contributed by atoms with Crippen LogP contribution in [0.1, 0.15) is 42.4 Å². The first kappa shape index (κ1) is 15.5. The van der Waals surface area contributed by atoms with Gasteiger partial charge in [-0.15, -0.1) is 11.3 Å². The van der Waals surface area contributed by atoms with E-state index in [2.05, 4.69) is 17.6 Å². The van der Waals surface area contributed by atoms with E-state index >= 15 is 0 Å². The summed E-state index contributed by atoms with van der Waals surface area (Å²) in [6.07, 6.45) is 9.15. The van der Waals surface area contributed by atoms with Gasteiger partial charge in [-0.1, -0.05) is 24.4 Å². The Morgan fingerprint density at radius 2 is 2.19 bits per heavy atom. The monoisotopic (exact) mass is 341 g/mol. The van der Waals surface area contributed by atoms with E-state index in [4.69, 9.17) is 16.0 Å². The fourth-order valence-electron chi connectivity index (χ4n) is 3.03. The maximum Gasteiger partial charge on any atom is 0.126 e. The molecule has 0 bridgehead atoms. The lowest BCUT2D eigenvalue weighted by Gasteiger charge is -2.33. The number of thiophene rings is 1. The summed E-state index contributed by atoms with van der Waals surface area (Å²) in [6.45, 7) is 0. The molecule has 0 spiro atoms. The largest absolute Gasteiger partial charge is 0.467 e. The van der Waals surface area contributed by atoms with Crippen LogP contribution in [0.2, 0.25) is 4.34 Å². The molecule has 1 N–H and O–H groups in total. The number of hydrogen-bond acceptors (Lipinski definition) is 4. The number of hydrogen-bond donors (Lipinski definition) is 1. The Morgan fingerprint density at radius 3 is 2.86 bits per heavy atom. The van der Waals surface area contributed by atoms with E-state index < -0.39 is 0 Å². The van der Waals surface area contributed by atoms with Gasteiger partial charge < -0.3 is 4.42 Å². The predicted octanol–water partition coefficient (Wildman–Crippen LogP) is 5.35. The van der Waals surface area contributed by atoms with Crippen molar-refractivity contribution in [2.45, 2.75) is 43.0 Å². The van der Waals surface area contributed by atoms with Gasteiger partial charge in [0, 0.05) is 16.2 Å². The van der Waals surface area contributed by atoms with Gasteiger partial charge in [0.1, 0.15) is 11.8 Å². The molecule has 0 amide bonds. The molecule has 2 nitrogen and oxygen atoms in total. The Labute approximate surface area is 139 Å². The molecule has 0 radical (unpaired) electrons. The molecule has 3 atom stereocenters. The third-order valence-corrected chi connectivity index (χ3v) is 6.56. The second-order valence-electron chi connectivity index (χ2n) is 5.42. The first-order valence-electron chi connectivity index (χ1n) is 7.35. The molecule has 1 aliphatic rings. The standard InChI is InChI=1S/C16H20ClNOS2/c1-20-13-7-3-2-5-11(13)18-16(12-6-4-10-19-12)14-8-9-15(17)21-14/h4,6,8-11,13,16,18H,2-3,5,7H2,1H3. The Morgan fingerprint density at radius 1 is 1.33 bits per heavy atom. The molecular formula is C16H20ClNOS2. The number of halogens is 1. The molecule has 1 saturated carbocycles. The molecule has 0 aromatic carbocycles. The summed E-state index contributed by atoms with van der Waals surface area (Å²) in [5, 5.41) is 4.51. The van der Waals surface area contributed by atoms with Crippen molar-refractivity contribution < 1.29 is 4.42 Å². The van der Waals surface area contributed by atoms with Crippen molar-refractivity contribution in [1.82, 2.24) is 5.32 Å². The van der Waals surface area contributed by atoms with Gasteiger partial charge in [0.05, 0.1) is 10.6 Å². The molecule has 114 valence electrons. The van der Waals surface area contributed by atoms with Crippen LogP contribution in [-0.2, 0) is 0 Å². The minimum Gasteiger partial charge on any atom is -0.467 e. The van der Waals surface area contributed by atoms with Gasteiger partial charge >= 0.3 is 0 Å². The summed E-state index contributed by atoms with van der Waals surface area (Å²) in [4.78, 5) is 1.22. The van der Waals surface area contributed by atoms with Crippen LogP contribution in [0.3, 0.4) is 0 Å². The zero-order chi connectivity index (χ0) is 14.7. The van der Waals surface area contributed by atoms with Gasteiger partial charge in [0.2, 0.25) is 0 Å². The molecule has 2 heterocycles. The Balaban J connectivity index is 1.82. The van der Waals surface area contributed by atoms with Crippen LogP contribution in [0.4, 0.5) is 0 Å². The molecule has 2 aromatic heterocycles. The van der Waals surface area contributed by atoms with Crippen molar-refractivity contribution in [2.24, 2.45) is 0 Å². The summed E-state index contributed by atoms with van der Waals surface area (Å²) in [5.41, 5.74) is 0. The second-order valence-corrected chi connectivity index (χ2v) is 8.25. The van der Waals surface area contributed by atoms with Crippen LogP contribution >= 0.6 is 34.7 Å². The van der Waals surface area contributed by atoms with Gasteiger partial charge in [-0.3, -0.25) is 5.32 Å². The number of nitrogens with one attached hydrogen (secondary N) is 1. The van der Waals surface area contributed by atoms with Crippen molar-refractivity contribution in [3.63, 3.8) is 0 Å². The topological polar surface area (TPSA) is 25.2 Å². The van der Waals surface area contributed by atoms with E-state index in [-0.39, 0.29) is 6.04 Å². The summed E-state index contributed by atoms with van der Waals surface area (Å²) in [5.74, 6) is 0.971. The van der Waals surface area contributed by atoms with Crippen LogP contribution in [0.5, 0.6) is 0 Å². The van der Waals surface area contributed by atoms with Crippen LogP contribution in [0.25, 0.3) is 0 Å². The van der Waals surface area contributed by atoms with Crippen molar-refractivity contribution in [1.29, 1.82) is 0 Å². The van der Waals surface area contributed by atoms with Crippen LogP contribution in [-0.4, -0.2) is 17.5 Å². The molecule has 2 aromatic rings. The van der Waals surface area contributed by atoms with Gasteiger partial charge in [0.25, 0.3) is 0 Å². The van der Waals surface area contributed by atoms with Crippen LogP contribution < -0.4 is 5.32 Å². The van der Waals surface area contributed by atoms with Crippen molar-refractivity contribution >= 4 is 34.7 Å². The van der Waals surface area contributed by atoms with Crippen molar-refractivity contribution in [3.05, 3.63) is 45.5 Å². The Kier molecular flexibility index (Phi) is 5.33. The SMILES string of the molecule is CSC1CCCCC1NC(c1ccco1)c1ccc(Cl)s1. The average Bonchev–Trinajstić information content (AvgIpc) is 3.17. The minimum atomic E-state index is 0.107. The summed E-state index contributed by atoms with van der Waals surface area (Å²) < 4.78 is 6.49. The summed E-state index contributed by atoms with van der Waals surface area (Å²) >= 11 is 9.73. The van der Waals surface area contributed by atoms with Crippen molar-refractivity contribution in [2.75, 3.05) is 6.26 Å². The molecule has 1 aliphatic carbocycles. The molecule has 5 heteroatoms. The van der Waals surface area contributed by atoms with Gasteiger partial charge in [0.15, 0.2) is 0 Å². The Bertz CT molecular complexity index is 554. The molecule has 0 saturated heterocycles. The van der Waals surface area contributed by atoms with E-state index in [0.29, 0.717) is 11.3 Å². The maximum absolute atomic E-state index is 6.12. The quantitative estimate of drug-likeness (QED) is 0.793.